The van der Waals surface area contributed by atoms with Crippen molar-refractivity contribution in [2.24, 2.45) is 0 Å². The van der Waals surface area contributed by atoms with Crippen LogP contribution in [0.2, 0.25) is 5.02 Å². The first-order valence-corrected chi connectivity index (χ1v) is 9.60. The first kappa shape index (κ1) is 19.4. The van der Waals surface area contributed by atoms with E-state index in [1.807, 2.05) is 19.1 Å². The third-order valence-corrected chi connectivity index (χ3v) is 4.71. The SMILES string of the molecule is CCCOc1c(Cl)cc(CNCC2CCCN2CC)cc1OCC. The Morgan fingerprint density at radius 3 is 2.79 bits per heavy atom. The predicted molar refractivity (Wildman–Crippen MR) is 100 cm³/mol. The maximum Gasteiger partial charge on any atom is 0.179 e. The van der Waals surface area contributed by atoms with E-state index >= 15 is 0 Å². The minimum atomic E-state index is 0.600. The third kappa shape index (κ3) is 5.27. The zero-order valence-electron chi connectivity index (χ0n) is 15.2. The molecule has 0 radical (unpaired) electrons. The Hall–Kier alpha value is -0.970. The molecule has 1 aliphatic rings. The van der Waals surface area contributed by atoms with E-state index < -0.39 is 0 Å². The number of nitrogens with zero attached hydrogens (tertiary/aromatic N) is 1. The van der Waals surface area contributed by atoms with Crippen molar-refractivity contribution in [1.29, 1.82) is 0 Å². The molecule has 1 saturated heterocycles. The van der Waals surface area contributed by atoms with Gasteiger partial charge in [-0.15, -0.1) is 0 Å². The molecule has 1 fully saturated rings. The van der Waals surface area contributed by atoms with Crippen molar-refractivity contribution in [3.63, 3.8) is 0 Å². The van der Waals surface area contributed by atoms with E-state index in [2.05, 4.69) is 24.1 Å². The summed E-state index contributed by atoms with van der Waals surface area (Å²) in [6, 6.07) is 4.68. The number of likely N-dealkylation sites (tertiary alicyclic amines) is 1. The summed E-state index contributed by atoms with van der Waals surface area (Å²) in [7, 11) is 0. The molecule has 136 valence electrons. The summed E-state index contributed by atoms with van der Waals surface area (Å²) < 4.78 is 11.5. The molecule has 5 heteroatoms. The quantitative estimate of drug-likeness (QED) is 0.685. The van der Waals surface area contributed by atoms with Crippen LogP contribution >= 0.6 is 11.6 Å². The molecular formula is C19H31ClN2O2. The lowest BCUT2D eigenvalue weighted by Crippen LogP contribution is -2.37. The molecule has 0 aromatic heterocycles. The molecule has 1 aromatic carbocycles. The molecule has 1 N–H and O–H groups in total. The number of likely N-dealkylation sites (N-methyl/N-ethyl adjacent to an activating group) is 1. The topological polar surface area (TPSA) is 33.7 Å². The van der Waals surface area contributed by atoms with Gasteiger partial charge in [0.05, 0.1) is 18.2 Å². The number of hydrogen-bond donors (Lipinski definition) is 1. The average molecular weight is 355 g/mol. The lowest BCUT2D eigenvalue weighted by Gasteiger charge is -2.23. The highest BCUT2D eigenvalue weighted by atomic mass is 35.5. The van der Waals surface area contributed by atoms with Gasteiger partial charge in [-0.1, -0.05) is 25.4 Å². The Morgan fingerprint density at radius 2 is 2.08 bits per heavy atom. The zero-order valence-corrected chi connectivity index (χ0v) is 16.0. The minimum Gasteiger partial charge on any atom is -0.490 e. The van der Waals surface area contributed by atoms with Crippen molar-refractivity contribution in [1.82, 2.24) is 10.2 Å². The molecule has 2 rings (SSSR count). The van der Waals surface area contributed by atoms with Crippen molar-refractivity contribution in [2.75, 3.05) is 32.8 Å². The van der Waals surface area contributed by atoms with E-state index in [-0.39, 0.29) is 0 Å². The van der Waals surface area contributed by atoms with Gasteiger partial charge in [0.1, 0.15) is 0 Å². The number of nitrogens with one attached hydrogen (secondary N) is 1. The van der Waals surface area contributed by atoms with Gasteiger partial charge in [-0.3, -0.25) is 4.90 Å². The van der Waals surface area contributed by atoms with Gasteiger partial charge in [-0.25, -0.2) is 0 Å². The van der Waals surface area contributed by atoms with Crippen LogP contribution in [0.3, 0.4) is 0 Å². The molecule has 1 aromatic rings. The zero-order chi connectivity index (χ0) is 17.4. The van der Waals surface area contributed by atoms with Gasteiger partial charge < -0.3 is 14.8 Å². The normalized spacial score (nSPS) is 18.1. The first-order valence-electron chi connectivity index (χ1n) is 9.22. The largest absolute Gasteiger partial charge is 0.490 e. The minimum absolute atomic E-state index is 0.600. The summed E-state index contributed by atoms with van der Waals surface area (Å²) in [5, 5.41) is 4.20. The maximum absolute atomic E-state index is 6.42. The summed E-state index contributed by atoms with van der Waals surface area (Å²) in [4.78, 5) is 2.55. The van der Waals surface area contributed by atoms with E-state index in [0.717, 1.165) is 37.4 Å². The molecule has 0 amide bonds. The van der Waals surface area contributed by atoms with Crippen molar-refractivity contribution in [2.45, 2.75) is 52.6 Å². The first-order chi connectivity index (χ1) is 11.7. The Labute approximate surface area is 151 Å². The van der Waals surface area contributed by atoms with E-state index in [1.165, 1.54) is 19.4 Å². The number of ether oxygens (including phenoxy) is 2. The summed E-state index contributed by atoms with van der Waals surface area (Å²) in [5.74, 6) is 1.41. The smallest absolute Gasteiger partial charge is 0.179 e. The average Bonchev–Trinajstić information content (AvgIpc) is 3.02. The standard InChI is InChI=1S/C19H31ClN2O2/c1-4-10-24-19-17(20)11-15(12-18(19)23-6-3)13-21-14-16-8-7-9-22(16)5-2/h11-12,16,21H,4-10,13-14H2,1-3H3. The van der Waals surface area contributed by atoms with Gasteiger partial charge >= 0.3 is 0 Å². The van der Waals surface area contributed by atoms with Crippen LogP contribution in [-0.2, 0) is 6.54 Å². The lowest BCUT2D eigenvalue weighted by atomic mass is 10.1. The van der Waals surface area contributed by atoms with Gasteiger partial charge in [0.25, 0.3) is 0 Å². The number of benzene rings is 1. The second-order valence-electron chi connectivity index (χ2n) is 6.24. The molecule has 1 atom stereocenters. The third-order valence-electron chi connectivity index (χ3n) is 4.43. The highest BCUT2D eigenvalue weighted by Gasteiger charge is 2.22. The molecule has 1 aliphatic heterocycles. The van der Waals surface area contributed by atoms with Crippen LogP contribution in [-0.4, -0.2) is 43.8 Å². The van der Waals surface area contributed by atoms with Crippen molar-refractivity contribution in [3.8, 4) is 11.5 Å². The van der Waals surface area contributed by atoms with E-state index in [1.54, 1.807) is 0 Å². The fourth-order valence-corrected chi connectivity index (χ4v) is 3.54. The van der Waals surface area contributed by atoms with Crippen LogP contribution in [0, 0.1) is 0 Å². The second kappa shape index (κ2) is 10.1. The highest BCUT2D eigenvalue weighted by Crippen LogP contribution is 2.36. The van der Waals surface area contributed by atoms with Crippen LogP contribution in [0.1, 0.15) is 45.6 Å². The molecule has 0 saturated carbocycles. The van der Waals surface area contributed by atoms with Crippen LogP contribution < -0.4 is 14.8 Å². The fourth-order valence-electron chi connectivity index (χ4n) is 3.26. The molecule has 1 heterocycles. The van der Waals surface area contributed by atoms with E-state index in [9.17, 15) is 0 Å². The van der Waals surface area contributed by atoms with E-state index in [4.69, 9.17) is 21.1 Å². The molecule has 1 unspecified atom stereocenters. The van der Waals surface area contributed by atoms with Crippen LogP contribution in [0.25, 0.3) is 0 Å². The van der Waals surface area contributed by atoms with Gasteiger partial charge in [0, 0.05) is 19.1 Å². The molecule has 0 bridgehead atoms. The van der Waals surface area contributed by atoms with Crippen molar-refractivity contribution < 1.29 is 9.47 Å². The Balaban J connectivity index is 1.97. The highest BCUT2D eigenvalue weighted by molar-refractivity contribution is 6.32. The Kier molecular flexibility index (Phi) is 8.16. The number of hydrogen-bond acceptors (Lipinski definition) is 4. The summed E-state index contributed by atoms with van der Waals surface area (Å²) in [5.41, 5.74) is 1.13. The predicted octanol–water partition coefficient (Wildman–Crippen LogP) is 4.10. The van der Waals surface area contributed by atoms with Gasteiger partial charge in [0.15, 0.2) is 11.5 Å². The summed E-state index contributed by atoms with van der Waals surface area (Å²) in [6.07, 6.45) is 3.54. The van der Waals surface area contributed by atoms with Crippen molar-refractivity contribution in [3.05, 3.63) is 22.7 Å². The number of halogens is 1. The summed E-state index contributed by atoms with van der Waals surface area (Å²) in [6.45, 7) is 11.7. The second-order valence-corrected chi connectivity index (χ2v) is 6.65. The summed E-state index contributed by atoms with van der Waals surface area (Å²) >= 11 is 6.42. The van der Waals surface area contributed by atoms with Gasteiger partial charge in [-0.05, 0) is 57.0 Å². The monoisotopic (exact) mass is 354 g/mol. The fraction of sp³-hybridized carbons (Fsp3) is 0.684. The lowest BCUT2D eigenvalue weighted by molar-refractivity contribution is 0.259. The molecule has 24 heavy (non-hydrogen) atoms. The molecular weight excluding hydrogens is 324 g/mol. The van der Waals surface area contributed by atoms with Gasteiger partial charge in [-0.2, -0.15) is 0 Å². The Bertz CT molecular complexity index is 510. The molecule has 4 nitrogen and oxygen atoms in total. The number of rotatable bonds is 10. The molecule has 0 aliphatic carbocycles. The van der Waals surface area contributed by atoms with E-state index in [0.29, 0.717) is 30.0 Å². The van der Waals surface area contributed by atoms with Crippen molar-refractivity contribution >= 4 is 11.6 Å². The Morgan fingerprint density at radius 1 is 1.25 bits per heavy atom. The van der Waals surface area contributed by atoms with Crippen LogP contribution in [0.15, 0.2) is 12.1 Å². The maximum atomic E-state index is 6.42. The van der Waals surface area contributed by atoms with Gasteiger partial charge in [0.2, 0.25) is 0 Å². The van der Waals surface area contributed by atoms with Crippen LogP contribution in [0.5, 0.6) is 11.5 Å². The molecule has 0 spiro atoms. The van der Waals surface area contributed by atoms with Crippen LogP contribution in [0.4, 0.5) is 0 Å².